The van der Waals surface area contributed by atoms with Crippen LogP contribution in [0.2, 0.25) is 0 Å². The van der Waals surface area contributed by atoms with Crippen LogP contribution in [0.15, 0.2) is 48.6 Å². The van der Waals surface area contributed by atoms with Gasteiger partial charge in [-0.15, -0.1) is 0 Å². The van der Waals surface area contributed by atoms with E-state index in [4.69, 9.17) is 0 Å². The molecule has 0 aliphatic rings. The number of hydrogen-bond acceptors (Lipinski definition) is 0. The lowest BCUT2D eigenvalue weighted by Crippen LogP contribution is -1.73. The molecular formula is C8H6F4. The van der Waals surface area contributed by atoms with Gasteiger partial charge in [0.05, 0.1) is 0 Å². The monoisotopic (exact) mass is 178 g/mol. The van der Waals surface area contributed by atoms with Crippen molar-refractivity contribution >= 4 is 0 Å². The topological polar surface area (TPSA) is 0 Å². The van der Waals surface area contributed by atoms with Crippen LogP contribution in [-0.4, -0.2) is 0 Å². The Morgan fingerprint density at radius 1 is 0.750 bits per heavy atom. The molecule has 12 heavy (non-hydrogen) atoms. The summed E-state index contributed by atoms with van der Waals surface area (Å²) >= 11 is 0. The summed E-state index contributed by atoms with van der Waals surface area (Å²) in [6.07, 6.45) is 0.838. The Morgan fingerprint density at radius 3 is 1.17 bits per heavy atom. The SMILES string of the molecule is C=C(F)/C(F)=C/C=C(\F)C(=C)F. The highest BCUT2D eigenvalue weighted by Gasteiger charge is 2.00. The van der Waals surface area contributed by atoms with Crippen LogP contribution < -0.4 is 0 Å². The molecule has 0 aliphatic heterocycles. The van der Waals surface area contributed by atoms with Crippen LogP contribution in [0.3, 0.4) is 0 Å². The average molecular weight is 178 g/mol. The molecular weight excluding hydrogens is 172 g/mol. The van der Waals surface area contributed by atoms with Gasteiger partial charge in [-0.2, -0.15) is 0 Å². The van der Waals surface area contributed by atoms with Gasteiger partial charge in [-0.05, 0) is 12.2 Å². The second kappa shape index (κ2) is 4.54. The van der Waals surface area contributed by atoms with E-state index >= 15 is 0 Å². The van der Waals surface area contributed by atoms with Crippen LogP contribution in [0.1, 0.15) is 0 Å². The maximum atomic E-state index is 12.2. The van der Waals surface area contributed by atoms with E-state index in [0.717, 1.165) is 0 Å². The van der Waals surface area contributed by atoms with Gasteiger partial charge in [-0.1, -0.05) is 13.2 Å². The molecule has 0 heterocycles. The summed E-state index contributed by atoms with van der Waals surface area (Å²) in [6, 6.07) is 0. The van der Waals surface area contributed by atoms with E-state index in [1.807, 2.05) is 0 Å². The van der Waals surface area contributed by atoms with Gasteiger partial charge < -0.3 is 0 Å². The zero-order valence-electron chi connectivity index (χ0n) is 6.08. The van der Waals surface area contributed by atoms with Crippen molar-refractivity contribution in [3.63, 3.8) is 0 Å². The van der Waals surface area contributed by atoms with Crippen LogP contribution in [0.5, 0.6) is 0 Å². The maximum Gasteiger partial charge on any atom is 0.158 e. The Balaban J connectivity index is 4.48. The van der Waals surface area contributed by atoms with Crippen molar-refractivity contribution in [1.29, 1.82) is 0 Å². The van der Waals surface area contributed by atoms with E-state index in [1.54, 1.807) is 0 Å². The minimum Gasteiger partial charge on any atom is -0.204 e. The summed E-state index contributed by atoms with van der Waals surface area (Å²) in [4.78, 5) is 0. The molecule has 0 aromatic rings. The first-order valence-corrected chi connectivity index (χ1v) is 2.87. The summed E-state index contributed by atoms with van der Waals surface area (Å²) in [5, 5.41) is 0. The first-order valence-electron chi connectivity index (χ1n) is 2.87. The van der Waals surface area contributed by atoms with Crippen molar-refractivity contribution in [2.24, 2.45) is 0 Å². The average Bonchev–Trinajstić information content (AvgIpc) is 1.98. The predicted octanol–water partition coefficient (Wildman–Crippen LogP) is 3.66. The minimum atomic E-state index is -1.36. The van der Waals surface area contributed by atoms with Crippen molar-refractivity contribution in [2.45, 2.75) is 0 Å². The molecule has 0 amide bonds. The molecule has 0 atom stereocenters. The van der Waals surface area contributed by atoms with E-state index in [1.165, 1.54) is 0 Å². The van der Waals surface area contributed by atoms with Crippen LogP contribution >= 0.6 is 0 Å². The molecule has 0 aromatic heterocycles. The molecule has 0 nitrogen and oxygen atoms in total. The second-order valence-corrected chi connectivity index (χ2v) is 1.84. The Kier molecular flexibility index (Phi) is 4.04. The Bertz CT molecular complexity index is 232. The van der Waals surface area contributed by atoms with Crippen LogP contribution in [0, 0.1) is 0 Å². The molecule has 0 aliphatic carbocycles. The van der Waals surface area contributed by atoms with Gasteiger partial charge in [0, 0.05) is 0 Å². The first kappa shape index (κ1) is 10.7. The van der Waals surface area contributed by atoms with Gasteiger partial charge in [0.2, 0.25) is 0 Å². The molecule has 4 heteroatoms. The summed E-state index contributed by atoms with van der Waals surface area (Å²) in [5.74, 6) is -5.40. The van der Waals surface area contributed by atoms with E-state index in [9.17, 15) is 17.6 Å². The van der Waals surface area contributed by atoms with Gasteiger partial charge >= 0.3 is 0 Å². The highest BCUT2D eigenvalue weighted by atomic mass is 19.2. The molecule has 0 unspecified atom stereocenters. The van der Waals surface area contributed by atoms with Crippen molar-refractivity contribution in [1.82, 2.24) is 0 Å². The third-order valence-electron chi connectivity index (χ3n) is 0.894. The van der Waals surface area contributed by atoms with Crippen LogP contribution in [0.25, 0.3) is 0 Å². The minimum absolute atomic E-state index is 0.419. The quantitative estimate of drug-likeness (QED) is 0.457. The van der Waals surface area contributed by atoms with Crippen molar-refractivity contribution in [3.05, 3.63) is 48.6 Å². The molecule has 66 valence electrons. The Labute approximate surface area is 67.2 Å². The highest BCUT2D eigenvalue weighted by Crippen LogP contribution is 2.14. The van der Waals surface area contributed by atoms with Gasteiger partial charge in [0.15, 0.2) is 23.3 Å². The molecule has 0 spiro atoms. The van der Waals surface area contributed by atoms with Crippen molar-refractivity contribution in [2.75, 3.05) is 0 Å². The number of allylic oxidation sites excluding steroid dienone is 6. The molecule has 0 aromatic carbocycles. The smallest absolute Gasteiger partial charge is 0.158 e. The predicted molar refractivity (Wildman–Crippen MR) is 38.9 cm³/mol. The fourth-order valence-electron chi connectivity index (χ4n) is 0.327. The Hall–Kier alpha value is -1.32. The zero-order valence-corrected chi connectivity index (χ0v) is 6.08. The lowest BCUT2D eigenvalue weighted by molar-refractivity contribution is 0.540. The number of hydrogen-bond donors (Lipinski definition) is 0. The lowest BCUT2D eigenvalue weighted by atomic mass is 10.3. The lowest BCUT2D eigenvalue weighted by Gasteiger charge is -1.88. The summed E-state index contributed by atoms with van der Waals surface area (Å²) < 4.78 is 48.0. The van der Waals surface area contributed by atoms with E-state index in [2.05, 4.69) is 13.2 Å². The third-order valence-corrected chi connectivity index (χ3v) is 0.894. The normalized spacial score (nSPS) is 13.0. The van der Waals surface area contributed by atoms with Gasteiger partial charge in [-0.3, -0.25) is 0 Å². The second-order valence-electron chi connectivity index (χ2n) is 1.84. The van der Waals surface area contributed by atoms with Crippen molar-refractivity contribution in [3.8, 4) is 0 Å². The maximum absolute atomic E-state index is 12.2. The fourth-order valence-corrected chi connectivity index (χ4v) is 0.327. The summed E-state index contributed by atoms with van der Waals surface area (Å²) in [6.45, 7) is 5.20. The van der Waals surface area contributed by atoms with Gasteiger partial charge in [0.1, 0.15) is 0 Å². The summed E-state index contributed by atoms with van der Waals surface area (Å²) in [7, 11) is 0. The largest absolute Gasteiger partial charge is 0.204 e. The van der Waals surface area contributed by atoms with Gasteiger partial charge in [0.25, 0.3) is 0 Å². The summed E-state index contributed by atoms with van der Waals surface area (Å²) in [5.41, 5.74) is 0. The standard InChI is InChI=1S/C8H6F4/c1-5(9)7(11)3-4-8(12)6(2)10/h3-4H,1-2H2/b7-3-,8-4-. The fraction of sp³-hybridized carbons (Fsp3) is 0. The van der Waals surface area contributed by atoms with Gasteiger partial charge in [-0.25, -0.2) is 17.6 Å². The molecule has 0 radical (unpaired) electrons. The third kappa shape index (κ3) is 3.75. The molecule has 0 saturated heterocycles. The molecule has 0 N–H and O–H groups in total. The highest BCUT2D eigenvalue weighted by molar-refractivity contribution is 5.26. The number of halogens is 4. The van der Waals surface area contributed by atoms with E-state index in [0.29, 0.717) is 12.2 Å². The molecule has 0 fully saturated rings. The van der Waals surface area contributed by atoms with Crippen molar-refractivity contribution < 1.29 is 17.6 Å². The van der Waals surface area contributed by atoms with E-state index in [-0.39, 0.29) is 0 Å². The van der Waals surface area contributed by atoms with E-state index < -0.39 is 23.3 Å². The first-order chi connectivity index (χ1) is 5.45. The van der Waals surface area contributed by atoms with Crippen LogP contribution in [0.4, 0.5) is 17.6 Å². The molecule has 0 bridgehead atoms. The molecule has 0 rings (SSSR count). The Morgan fingerprint density at radius 2 is 1.00 bits per heavy atom. The van der Waals surface area contributed by atoms with Crippen LogP contribution in [-0.2, 0) is 0 Å². The number of rotatable bonds is 3. The zero-order chi connectivity index (χ0) is 9.72. The molecule has 0 saturated carbocycles.